The lowest BCUT2D eigenvalue weighted by Crippen LogP contribution is -2.33. The third-order valence-corrected chi connectivity index (χ3v) is 5.56. The summed E-state index contributed by atoms with van der Waals surface area (Å²) in [6.07, 6.45) is 1.49. The van der Waals surface area contributed by atoms with Gasteiger partial charge in [-0.15, -0.1) is 0 Å². The molecule has 4 nitrogen and oxygen atoms in total. The molecular weight excluding hydrogens is 345 g/mol. The Morgan fingerprint density at radius 1 is 1.50 bits per heavy atom. The highest BCUT2D eigenvalue weighted by Gasteiger charge is 2.20. The van der Waals surface area contributed by atoms with Gasteiger partial charge in [0.15, 0.2) is 0 Å². The molecule has 0 heterocycles. The smallest absolute Gasteiger partial charge is 0.243 e. The number of nitrogens with one attached hydrogen (secondary N) is 1. The van der Waals surface area contributed by atoms with Crippen LogP contribution in [0.3, 0.4) is 0 Å². The average molecular weight is 358 g/mol. The molecule has 1 aromatic rings. The maximum absolute atomic E-state index is 13.5. The van der Waals surface area contributed by atoms with E-state index in [4.69, 9.17) is 0 Å². The van der Waals surface area contributed by atoms with Crippen LogP contribution in [0, 0.1) is 5.82 Å². The monoisotopic (exact) mass is 357 g/mol. The van der Waals surface area contributed by atoms with E-state index in [0.717, 1.165) is 6.07 Å². The minimum atomic E-state index is -3.92. The summed E-state index contributed by atoms with van der Waals surface area (Å²) in [5.74, 6) is -0.831. The Morgan fingerprint density at radius 2 is 2.11 bits per heavy atom. The molecule has 0 radical (unpaired) electrons. The summed E-state index contributed by atoms with van der Waals surface area (Å²) >= 11 is 3.05. The summed E-state index contributed by atoms with van der Waals surface area (Å²) in [5, 5.41) is -0.335. The van der Waals surface area contributed by atoms with E-state index in [0.29, 0.717) is 4.47 Å². The molecule has 0 spiro atoms. The van der Waals surface area contributed by atoms with E-state index < -0.39 is 31.5 Å². The highest BCUT2D eigenvalue weighted by molar-refractivity contribution is 9.10. The van der Waals surface area contributed by atoms with Gasteiger partial charge in [0.25, 0.3) is 0 Å². The molecule has 8 heteroatoms. The van der Waals surface area contributed by atoms with Gasteiger partial charge in [0.2, 0.25) is 10.0 Å². The van der Waals surface area contributed by atoms with Crippen LogP contribution < -0.4 is 4.72 Å². The Morgan fingerprint density at radius 3 is 2.61 bits per heavy atom. The zero-order chi connectivity index (χ0) is 13.9. The van der Waals surface area contributed by atoms with Gasteiger partial charge in [-0.1, -0.05) is 15.9 Å². The number of sulfonamides is 1. The second-order valence-electron chi connectivity index (χ2n) is 3.74. The van der Waals surface area contributed by atoms with Gasteiger partial charge in [0.1, 0.15) is 10.7 Å². The molecule has 0 saturated carbocycles. The van der Waals surface area contributed by atoms with Crippen LogP contribution in [0.5, 0.6) is 0 Å². The maximum Gasteiger partial charge on any atom is 0.243 e. The minimum absolute atomic E-state index is 0.000941. The summed E-state index contributed by atoms with van der Waals surface area (Å²) in [6.45, 7) is 1.65. The fraction of sp³-hybridized carbons (Fsp3) is 0.400. The molecule has 0 aromatic heterocycles. The number of benzene rings is 1. The molecule has 102 valence electrons. The molecule has 0 aliphatic rings. The van der Waals surface area contributed by atoms with Crippen LogP contribution in [-0.4, -0.2) is 30.7 Å². The van der Waals surface area contributed by atoms with Crippen molar-refractivity contribution in [3.05, 3.63) is 28.5 Å². The summed E-state index contributed by atoms with van der Waals surface area (Å²) in [6, 6.07) is 3.70. The van der Waals surface area contributed by atoms with Gasteiger partial charge in [0, 0.05) is 33.3 Å². The van der Waals surface area contributed by atoms with Crippen molar-refractivity contribution in [2.45, 2.75) is 17.1 Å². The van der Waals surface area contributed by atoms with Gasteiger partial charge in [-0.2, -0.15) is 0 Å². The molecule has 1 aromatic carbocycles. The van der Waals surface area contributed by atoms with Crippen LogP contribution >= 0.6 is 15.9 Å². The predicted molar refractivity (Wildman–Crippen MR) is 72.8 cm³/mol. The van der Waals surface area contributed by atoms with Crippen molar-refractivity contribution in [2.24, 2.45) is 0 Å². The van der Waals surface area contributed by atoms with Gasteiger partial charge in [-0.05, 0) is 25.1 Å². The molecule has 1 rings (SSSR count). The number of halogens is 2. The second kappa shape index (κ2) is 6.23. The Kier molecular flexibility index (Phi) is 5.45. The van der Waals surface area contributed by atoms with E-state index in [2.05, 4.69) is 20.7 Å². The van der Waals surface area contributed by atoms with Gasteiger partial charge in [0.05, 0.1) is 0 Å². The topological polar surface area (TPSA) is 63.2 Å². The molecule has 2 atom stereocenters. The van der Waals surface area contributed by atoms with E-state index >= 15 is 0 Å². The Hall–Kier alpha value is -0.310. The molecule has 18 heavy (non-hydrogen) atoms. The highest BCUT2D eigenvalue weighted by Crippen LogP contribution is 2.19. The lowest BCUT2D eigenvalue weighted by atomic mass is 10.3. The second-order valence-corrected chi connectivity index (χ2v) is 8.19. The number of rotatable bonds is 5. The Labute approximate surface area is 117 Å². The summed E-state index contributed by atoms with van der Waals surface area (Å²) in [7, 11) is -5.06. The molecule has 2 unspecified atom stereocenters. The third kappa shape index (κ3) is 4.11. The van der Waals surface area contributed by atoms with Gasteiger partial charge in [-0.3, -0.25) is 4.21 Å². The van der Waals surface area contributed by atoms with Crippen molar-refractivity contribution >= 4 is 36.8 Å². The first-order valence-corrected chi connectivity index (χ1v) is 8.90. The van der Waals surface area contributed by atoms with Crippen LogP contribution in [0.25, 0.3) is 0 Å². The maximum atomic E-state index is 13.5. The zero-order valence-corrected chi connectivity index (χ0v) is 13.0. The fourth-order valence-corrected chi connectivity index (χ4v) is 3.06. The molecule has 0 aliphatic heterocycles. The third-order valence-electron chi connectivity index (χ3n) is 2.31. The molecular formula is C10H13BrFNO3S2. The Balaban J connectivity index is 2.90. The van der Waals surface area contributed by atoms with E-state index in [9.17, 15) is 17.0 Å². The van der Waals surface area contributed by atoms with E-state index in [1.54, 1.807) is 6.92 Å². The van der Waals surface area contributed by atoms with Crippen LogP contribution in [0.4, 0.5) is 4.39 Å². The lowest BCUT2D eigenvalue weighted by Gasteiger charge is -2.11. The first-order valence-electron chi connectivity index (χ1n) is 5.01. The van der Waals surface area contributed by atoms with Crippen LogP contribution in [0.1, 0.15) is 6.92 Å². The average Bonchev–Trinajstić information content (AvgIpc) is 2.25. The summed E-state index contributed by atoms with van der Waals surface area (Å²) in [5.41, 5.74) is 0. The molecule has 0 aliphatic carbocycles. The largest absolute Gasteiger partial charge is 0.260 e. The standard InChI is InChI=1S/C10H13BrFNO3S2/c1-7(17(2)14)6-13-18(15,16)10-4-3-8(11)5-9(10)12/h3-5,7,13H,6H2,1-2H3. The normalized spacial score (nSPS) is 15.3. The van der Waals surface area contributed by atoms with Crippen molar-refractivity contribution in [2.75, 3.05) is 12.8 Å². The van der Waals surface area contributed by atoms with Gasteiger partial charge in [-0.25, -0.2) is 17.5 Å². The SMILES string of the molecule is CC(CNS(=O)(=O)c1ccc(Br)cc1F)S(C)=O. The van der Waals surface area contributed by atoms with Crippen LogP contribution in [0.15, 0.2) is 27.6 Å². The quantitative estimate of drug-likeness (QED) is 0.870. The summed E-state index contributed by atoms with van der Waals surface area (Å²) in [4.78, 5) is -0.417. The minimum Gasteiger partial charge on any atom is -0.260 e. The highest BCUT2D eigenvalue weighted by atomic mass is 79.9. The first-order chi connectivity index (χ1) is 8.24. The first kappa shape index (κ1) is 15.7. The van der Waals surface area contributed by atoms with E-state index in [-0.39, 0.29) is 11.8 Å². The van der Waals surface area contributed by atoms with E-state index in [1.165, 1.54) is 18.4 Å². The fourth-order valence-electron chi connectivity index (χ4n) is 1.12. The van der Waals surface area contributed by atoms with Crippen LogP contribution in [-0.2, 0) is 20.8 Å². The molecule has 0 saturated heterocycles. The van der Waals surface area contributed by atoms with Crippen molar-refractivity contribution in [3.8, 4) is 0 Å². The molecule has 0 amide bonds. The zero-order valence-electron chi connectivity index (χ0n) is 9.81. The van der Waals surface area contributed by atoms with E-state index in [1.807, 2.05) is 0 Å². The lowest BCUT2D eigenvalue weighted by molar-refractivity contribution is 0.556. The van der Waals surface area contributed by atoms with Crippen molar-refractivity contribution in [1.29, 1.82) is 0 Å². The number of hydrogen-bond donors (Lipinski definition) is 1. The van der Waals surface area contributed by atoms with Crippen molar-refractivity contribution < 1.29 is 17.0 Å². The van der Waals surface area contributed by atoms with Crippen molar-refractivity contribution in [3.63, 3.8) is 0 Å². The van der Waals surface area contributed by atoms with Gasteiger partial charge >= 0.3 is 0 Å². The van der Waals surface area contributed by atoms with Crippen LogP contribution in [0.2, 0.25) is 0 Å². The van der Waals surface area contributed by atoms with Gasteiger partial charge < -0.3 is 0 Å². The summed E-state index contributed by atoms with van der Waals surface area (Å²) < 4.78 is 51.0. The Bertz CT molecular complexity index is 562. The number of hydrogen-bond acceptors (Lipinski definition) is 3. The van der Waals surface area contributed by atoms with Crippen molar-refractivity contribution in [1.82, 2.24) is 4.72 Å². The predicted octanol–water partition coefficient (Wildman–Crippen LogP) is 1.63. The molecule has 1 N–H and O–H groups in total. The molecule has 0 bridgehead atoms. The molecule has 0 fully saturated rings.